The number of anilines is 1. The molecule has 5 rings (SSSR count). The third-order valence-corrected chi connectivity index (χ3v) is 7.55. The van der Waals surface area contributed by atoms with E-state index in [9.17, 15) is 8.42 Å². The summed E-state index contributed by atoms with van der Waals surface area (Å²) < 4.78 is 30.9. The molecule has 0 aliphatic carbocycles. The highest BCUT2D eigenvalue weighted by Gasteiger charge is 2.45. The zero-order valence-corrected chi connectivity index (χ0v) is 17.1. The van der Waals surface area contributed by atoms with Gasteiger partial charge in [0.25, 0.3) is 10.0 Å². The lowest BCUT2D eigenvalue weighted by atomic mass is 10.0. The van der Waals surface area contributed by atoms with Crippen LogP contribution in [0.5, 0.6) is 0 Å². The second kappa shape index (κ2) is 6.63. The van der Waals surface area contributed by atoms with Gasteiger partial charge in [-0.05, 0) is 24.8 Å². The molecule has 2 fully saturated rings. The van der Waals surface area contributed by atoms with Gasteiger partial charge in [-0.2, -0.15) is 9.40 Å². The van der Waals surface area contributed by atoms with E-state index in [1.807, 2.05) is 18.3 Å². The van der Waals surface area contributed by atoms with Gasteiger partial charge in [0.1, 0.15) is 18.0 Å². The third-order valence-electron chi connectivity index (χ3n) is 5.84. The highest BCUT2D eigenvalue weighted by molar-refractivity contribution is 7.89. The third kappa shape index (κ3) is 3.10. The molecule has 0 saturated carbocycles. The van der Waals surface area contributed by atoms with Crippen molar-refractivity contribution in [3.05, 3.63) is 42.9 Å². The lowest BCUT2D eigenvalue weighted by Gasteiger charge is -2.21. The van der Waals surface area contributed by atoms with Gasteiger partial charge in [-0.1, -0.05) is 0 Å². The Morgan fingerprint density at radius 1 is 1.07 bits per heavy atom. The molecule has 0 radical (unpaired) electrons. The van der Waals surface area contributed by atoms with Crippen LogP contribution in [0.15, 0.2) is 42.1 Å². The van der Waals surface area contributed by atoms with Crippen molar-refractivity contribution >= 4 is 15.8 Å². The molecule has 0 N–H and O–H groups in total. The molecule has 2 aliphatic rings. The highest BCUT2D eigenvalue weighted by atomic mass is 32.2. The maximum Gasteiger partial charge on any atom is 0.262 e. The zero-order valence-electron chi connectivity index (χ0n) is 16.2. The molecule has 2 atom stereocenters. The number of nitrogens with zero attached hydrogens (tertiary/aromatic N) is 8. The fourth-order valence-corrected chi connectivity index (χ4v) is 5.73. The van der Waals surface area contributed by atoms with Crippen LogP contribution in [-0.2, 0) is 17.1 Å². The van der Waals surface area contributed by atoms with Gasteiger partial charge in [-0.3, -0.25) is 0 Å². The molecule has 29 heavy (non-hydrogen) atoms. The average Bonchev–Trinajstić information content (AvgIpc) is 3.46. The van der Waals surface area contributed by atoms with Gasteiger partial charge in [-0.25, -0.2) is 28.1 Å². The smallest absolute Gasteiger partial charge is 0.262 e. The first-order chi connectivity index (χ1) is 13.9. The molecule has 2 saturated heterocycles. The molecule has 152 valence electrons. The molecule has 3 aromatic rings. The van der Waals surface area contributed by atoms with Crippen LogP contribution < -0.4 is 4.90 Å². The quantitative estimate of drug-likeness (QED) is 0.611. The van der Waals surface area contributed by atoms with E-state index in [0.29, 0.717) is 24.7 Å². The second-order valence-electron chi connectivity index (χ2n) is 7.67. The van der Waals surface area contributed by atoms with E-state index < -0.39 is 10.0 Å². The summed E-state index contributed by atoms with van der Waals surface area (Å²) >= 11 is 0. The van der Waals surface area contributed by atoms with Crippen molar-refractivity contribution < 1.29 is 8.42 Å². The first-order valence-corrected chi connectivity index (χ1v) is 10.9. The number of hydrogen-bond acceptors (Lipinski definition) is 7. The lowest BCUT2D eigenvalue weighted by Crippen LogP contribution is -2.33. The normalized spacial score (nSPS) is 22.3. The molecule has 0 bridgehead atoms. The van der Waals surface area contributed by atoms with Crippen molar-refractivity contribution in [3.63, 3.8) is 0 Å². The average molecular weight is 414 g/mol. The zero-order chi connectivity index (χ0) is 20.2. The SMILES string of the molecule is Cc1nc(S(=O)(=O)N2CC3CN(c4cc(-n5cccn5)ncn4)CC3C2)cn1C. The fraction of sp³-hybridized carbons (Fsp3) is 0.444. The molecule has 0 spiro atoms. The highest BCUT2D eigenvalue weighted by Crippen LogP contribution is 2.35. The lowest BCUT2D eigenvalue weighted by molar-refractivity contribution is 0.451. The number of aryl methyl sites for hydroxylation is 2. The van der Waals surface area contributed by atoms with E-state index in [1.54, 1.807) is 46.2 Å². The molecule has 10 nitrogen and oxygen atoms in total. The van der Waals surface area contributed by atoms with Crippen LogP contribution in [0.4, 0.5) is 5.82 Å². The van der Waals surface area contributed by atoms with Gasteiger partial charge in [0.2, 0.25) is 0 Å². The summed E-state index contributed by atoms with van der Waals surface area (Å²) in [5.41, 5.74) is 0. The summed E-state index contributed by atoms with van der Waals surface area (Å²) in [5.74, 6) is 2.79. The molecule has 2 aliphatic heterocycles. The maximum atomic E-state index is 13.0. The van der Waals surface area contributed by atoms with Crippen LogP contribution in [0.25, 0.3) is 5.82 Å². The van der Waals surface area contributed by atoms with Crippen molar-refractivity contribution in [2.45, 2.75) is 11.9 Å². The van der Waals surface area contributed by atoms with Gasteiger partial charge >= 0.3 is 0 Å². The van der Waals surface area contributed by atoms with Gasteiger partial charge in [-0.15, -0.1) is 0 Å². The first-order valence-electron chi connectivity index (χ1n) is 9.49. The van der Waals surface area contributed by atoms with Crippen molar-refractivity contribution in [2.75, 3.05) is 31.1 Å². The molecular weight excluding hydrogens is 392 g/mol. The monoisotopic (exact) mass is 414 g/mol. The van der Waals surface area contributed by atoms with Crippen molar-refractivity contribution in [3.8, 4) is 5.82 Å². The molecule has 5 heterocycles. The molecule has 11 heteroatoms. The topological polar surface area (TPSA) is 102 Å². The van der Waals surface area contributed by atoms with Crippen LogP contribution in [0, 0.1) is 18.8 Å². The minimum Gasteiger partial charge on any atom is -0.356 e. The van der Waals surface area contributed by atoms with E-state index in [0.717, 1.165) is 18.9 Å². The van der Waals surface area contributed by atoms with E-state index in [4.69, 9.17) is 0 Å². The Labute approximate surface area is 168 Å². The Morgan fingerprint density at radius 3 is 2.41 bits per heavy atom. The summed E-state index contributed by atoms with van der Waals surface area (Å²) in [6.45, 7) is 4.36. The van der Waals surface area contributed by atoms with Gasteiger partial charge in [0, 0.05) is 57.9 Å². The van der Waals surface area contributed by atoms with E-state index in [1.165, 1.54) is 0 Å². The molecule has 3 aromatic heterocycles. The van der Waals surface area contributed by atoms with Gasteiger partial charge in [0.15, 0.2) is 10.8 Å². The Kier molecular flexibility index (Phi) is 4.17. The number of sulfonamides is 1. The van der Waals surface area contributed by atoms with Crippen molar-refractivity contribution in [1.82, 2.24) is 33.6 Å². The predicted molar refractivity (Wildman–Crippen MR) is 105 cm³/mol. The summed E-state index contributed by atoms with van der Waals surface area (Å²) in [7, 11) is -1.75. The minimum absolute atomic E-state index is 0.133. The largest absolute Gasteiger partial charge is 0.356 e. The van der Waals surface area contributed by atoms with Crippen molar-refractivity contribution in [2.24, 2.45) is 18.9 Å². The Bertz CT molecular complexity index is 1110. The van der Waals surface area contributed by atoms with Crippen LogP contribution in [0.2, 0.25) is 0 Å². The standard InChI is InChI=1S/C18H22N8O2S/c1-13-22-18(11-23(13)2)29(27,28)25-9-14-7-24(8-15(14)10-25)16-6-17(20-12-19-16)26-5-3-4-21-26/h3-6,11-12,14-15H,7-10H2,1-2H3. The molecule has 2 unspecified atom stereocenters. The van der Waals surface area contributed by atoms with Crippen LogP contribution in [-0.4, -0.2) is 68.2 Å². The Hall–Kier alpha value is -2.79. The number of aromatic nitrogens is 6. The number of fused-ring (bicyclic) bond motifs is 1. The summed E-state index contributed by atoms with van der Waals surface area (Å²) in [5, 5.41) is 4.35. The molecule has 0 amide bonds. The minimum atomic E-state index is -3.56. The summed E-state index contributed by atoms with van der Waals surface area (Å²) in [6.07, 6.45) is 6.68. The molecular formula is C18H22N8O2S. The summed E-state index contributed by atoms with van der Waals surface area (Å²) in [4.78, 5) is 15.1. The van der Waals surface area contributed by atoms with Crippen LogP contribution in [0.1, 0.15) is 5.82 Å². The van der Waals surface area contributed by atoms with Crippen molar-refractivity contribution in [1.29, 1.82) is 0 Å². The van der Waals surface area contributed by atoms with E-state index in [2.05, 4.69) is 25.0 Å². The maximum absolute atomic E-state index is 13.0. The fourth-order valence-electron chi connectivity index (χ4n) is 4.16. The van der Waals surface area contributed by atoms with E-state index >= 15 is 0 Å². The number of rotatable bonds is 4. The predicted octanol–water partition coefficient (Wildman–Crippen LogP) is 0.461. The molecule has 0 aromatic carbocycles. The number of hydrogen-bond donors (Lipinski definition) is 0. The van der Waals surface area contributed by atoms with Gasteiger partial charge < -0.3 is 9.47 Å². The first kappa shape index (κ1) is 18.3. The Morgan fingerprint density at radius 2 is 1.79 bits per heavy atom. The van der Waals surface area contributed by atoms with Crippen LogP contribution >= 0.6 is 0 Å². The second-order valence-corrected chi connectivity index (χ2v) is 9.55. The van der Waals surface area contributed by atoms with Gasteiger partial charge in [0.05, 0.1) is 0 Å². The summed E-state index contributed by atoms with van der Waals surface area (Å²) in [6, 6.07) is 3.76. The van der Waals surface area contributed by atoms with Crippen LogP contribution in [0.3, 0.4) is 0 Å². The van der Waals surface area contributed by atoms with E-state index in [-0.39, 0.29) is 16.9 Å². The Balaban J connectivity index is 1.31. The number of imidazole rings is 1.